The van der Waals surface area contributed by atoms with Gasteiger partial charge in [0.15, 0.2) is 6.61 Å². The molecule has 1 aromatic heterocycles. The van der Waals surface area contributed by atoms with E-state index in [1.54, 1.807) is 12.1 Å². The Bertz CT molecular complexity index is 965. The first-order valence-corrected chi connectivity index (χ1v) is 9.36. The zero-order chi connectivity index (χ0) is 20.8. The predicted molar refractivity (Wildman–Crippen MR) is 107 cm³/mol. The Balaban J connectivity index is 1.60. The Morgan fingerprint density at radius 1 is 1.03 bits per heavy atom. The van der Waals surface area contributed by atoms with Crippen LogP contribution in [0.5, 0.6) is 0 Å². The Hall–Kier alpha value is -3.48. The molecule has 0 aliphatic carbocycles. The summed E-state index contributed by atoms with van der Waals surface area (Å²) in [7, 11) is 0. The molecule has 0 unspecified atom stereocenters. The van der Waals surface area contributed by atoms with Crippen molar-refractivity contribution >= 4 is 11.9 Å². The van der Waals surface area contributed by atoms with Crippen LogP contribution >= 0.6 is 0 Å². The summed E-state index contributed by atoms with van der Waals surface area (Å²) >= 11 is 0. The fourth-order valence-corrected chi connectivity index (χ4v) is 2.66. The van der Waals surface area contributed by atoms with Crippen LogP contribution in [0.1, 0.15) is 35.7 Å². The SMILES string of the molecule is Cc1ccc(C(=O)N[C@@H](C(=O)OCc2nnc(-c3ccccc3)o2)C(C)C)cc1. The van der Waals surface area contributed by atoms with Crippen LogP contribution in [0, 0.1) is 12.8 Å². The third-order valence-electron chi connectivity index (χ3n) is 4.35. The molecule has 0 aliphatic rings. The largest absolute Gasteiger partial charge is 0.454 e. The smallest absolute Gasteiger partial charge is 0.329 e. The second-order valence-corrected chi connectivity index (χ2v) is 7.04. The molecule has 7 nitrogen and oxygen atoms in total. The molecular weight excluding hydrogens is 370 g/mol. The molecule has 7 heteroatoms. The zero-order valence-corrected chi connectivity index (χ0v) is 16.6. The van der Waals surface area contributed by atoms with E-state index in [0.717, 1.165) is 11.1 Å². The third-order valence-corrected chi connectivity index (χ3v) is 4.35. The summed E-state index contributed by atoms with van der Waals surface area (Å²) in [5.74, 6) is -0.501. The topological polar surface area (TPSA) is 94.3 Å². The number of aryl methyl sites for hydroxylation is 1. The standard InChI is InChI=1S/C22H23N3O4/c1-14(2)19(23-20(26)16-11-9-15(3)10-12-16)22(27)28-13-18-24-25-21(29-18)17-7-5-4-6-8-17/h4-12,14,19H,13H2,1-3H3,(H,23,26)/t19-/m1/s1. The monoisotopic (exact) mass is 393 g/mol. The number of aromatic nitrogens is 2. The molecule has 0 spiro atoms. The van der Waals surface area contributed by atoms with Gasteiger partial charge in [0.05, 0.1) is 0 Å². The highest BCUT2D eigenvalue weighted by molar-refractivity contribution is 5.96. The third kappa shape index (κ3) is 5.28. The maximum atomic E-state index is 12.5. The second kappa shape index (κ2) is 9.14. The van der Waals surface area contributed by atoms with Crippen LogP contribution in [-0.2, 0) is 16.1 Å². The fourth-order valence-electron chi connectivity index (χ4n) is 2.66. The maximum absolute atomic E-state index is 12.5. The number of carbonyl (C=O) groups is 2. The molecule has 0 bridgehead atoms. The van der Waals surface area contributed by atoms with Gasteiger partial charge < -0.3 is 14.5 Å². The van der Waals surface area contributed by atoms with Gasteiger partial charge in [-0.3, -0.25) is 4.79 Å². The number of nitrogens with zero attached hydrogens (tertiary/aromatic N) is 2. The average Bonchev–Trinajstić information content (AvgIpc) is 3.20. The highest BCUT2D eigenvalue weighted by Gasteiger charge is 2.26. The van der Waals surface area contributed by atoms with Gasteiger partial charge in [-0.05, 0) is 37.1 Å². The van der Waals surface area contributed by atoms with Crippen LogP contribution in [0.4, 0.5) is 0 Å². The van der Waals surface area contributed by atoms with Crippen molar-refractivity contribution in [3.8, 4) is 11.5 Å². The van der Waals surface area contributed by atoms with Gasteiger partial charge in [-0.15, -0.1) is 10.2 Å². The van der Waals surface area contributed by atoms with Gasteiger partial charge in [0.2, 0.25) is 5.89 Å². The molecule has 0 saturated carbocycles. The second-order valence-electron chi connectivity index (χ2n) is 7.04. The van der Waals surface area contributed by atoms with Crippen LogP contribution in [-0.4, -0.2) is 28.1 Å². The summed E-state index contributed by atoms with van der Waals surface area (Å²) in [6, 6.07) is 15.6. The molecule has 3 rings (SSSR count). The normalized spacial score (nSPS) is 11.9. The van der Waals surface area contributed by atoms with Crippen molar-refractivity contribution in [3.63, 3.8) is 0 Å². The molecule has 1 N–H and O–H groups in total. The van der Waals surface area contributed by atoms with E-state index in [4.69, 9.17) is 9.15 Å². The van der Waals surface area contributed by atoms with Crippen LogP contribution < -0.4 is 5.32 Å². The molecule has 2 aromatic carbocycles. The van der Waals surface area contributed by atoms with Crippen molar-refractivity contribution in [1.29, 1.82) is 0 Å². The molecule has 0 radical (unpaired) electrons. The number of amides is 1. The molecular formula is C22H23N3O4. The van der Waals surface area contributed by atoms with Gasteiger partial charge in [-0.25, -0.2) is 4.79 Å². The summed E-state index contributed by atoms with van der Waals surface area (Å²) in [5.41, 5.74) is 2.32. The van der Waals surface area contributed by atoms with Crippen molar-refractivity contribution in [3.05, 3.63) is 71.6 Å². The van der Waals surface area contributed by atoms with Crippen molar-refractivity contribution in [2.45, 2.75) is 33.4 Å². The molecule has 1 atom stereocenters. The molecule has 3 aromatic rings. The molecule has 0 saturated heterocycles. The van der Waals surface area contributed by atoms with Crippen LogP contribution in [0.2, 0.25) is 0 Å². The van der Waals surface area contributed by atoms with E-state index in [2.05, 4.69) is 15.5 Å². The molecule has 150 valence electrons. The lowest BCUT2D eigenvalue weighted by molar-refractivity contribution is -0.149. The number of carbonyl (C=O) groups excluding carboxylic acids is 2. The lowest BCUT2D eigenvalue weighted by atomic mass is 10.0. The Morgan fingerprint density at radius 2 is 1.72 bits per heavy atom. The van der Waals surface area contributed by atoms with E-state index in [9.17, 15) is 9.59 Å². The van der Waals surface area contributed by atoms with Crippen LogP contribution in [0.15, 0.2) is 59.0 Å². The Labute approximate surface area is 169 Å². The molecule has 0 fully saturated rings. The van der Waals surface area contributed by atoms with E-state index in [0.29, 0.717) is 11.5 Å². The number of rotatable bonds is 7. The first-order chi connectivity index (χ1) is 13.9. The maximum Gasteiger partial charge on any atom is 0.329 e. The number of ether oxygens (including phenoxy) is 1. The number of hydrogen-bond acceptors (Lipinski definition) is 6. The van der Waals surface area contributed by atoms with Crippen LogP contribution in [0.25, 0.3) is 11.5 Å². The number of hydrogen-bond donors (Lipinski definition) is 1. The zero-order valence-electron chi connectivity index (χ0n) is 16.6. The minimum absolute atomic E-state index is 0.153. The quantitative estimate of drug-likeness (QED) is 0.617. The average molecular weight is 393 g/mol. The van der Waals surface area contributed by atoms with Gasteiger partial charge in [0.25, 0.3) is 11.8 Å². The molecule has 1 heterocycles. The lowest BCUT2D eigenvalue weighted by Crippen LogP contribution is -2.45. The van der Waals surface area contributed by atoms with Gasteiger partial charge in [0, 0.05) is 11.1 Å². The van der Waals surface area contributed by atoms with E-state index < -0.39 is 12.0 Å². The summed E-state index contributed by atoms with van der Waals surface area (Å²) in [6.07, 6.45) is 0. The van der Waals surface area contributed by atoms with E-state index in [1.165, 1.54) is 0 Å². The summed E-state index contributed by atoms with van der Waals surface area (Å²) in [4.78, 5) is 25.0. The molecule has 1 amide bonds. The molecule has 29 heavy (non-hydrogen) atoms. The van der Waals surface area contributed by atoms with Gasteiger partial charge >= 0.3 is 5.97 Å². The first-order valence-electron chi connectivity index (χ1n) is 9.36. The summed E-state index contributed by atoms with van der Waals surface area (Å²) in [6.45, 7) is 5.45. The van der Waals surface area contributed by atoms with E-state index >= 15 is 0 Å². The number of nitrogens with one attached hydrogen (secondary N) is 1. The van der Waals surface area contributed by atoms with Gasteiger partial charge in [-0.2, -0.15) is 0 Å². The van der Waals surface area contributed by atoms with Crippen molar-refractivity contribution in [2.24, 2.45) is 5.92 Å². The van der Waals surface area contributed by atoms with Crippen molar-refractivity contribution < 1.29 is 18.7 Å². The molecule has 0 aliphatic heterocycles. The van der Waals surface area contributed by atoms with E-state index in [-0.39, 0.29) is 24.3 Å². The minimum Gasteiger partial charge on any atom is -0.454 e. The Morgan fingerprint density at radius 3 is 2.38 bits per heavy atom. The number of esters is 1. The fraction of sp³-hybridized carbons (Fsp3) is 0.273. The highest BCUT2D eigenvalue weighted by Crippen LogP contribution is 2.17. The first kappa shape index (κ1) is 20.3. The van der Waals surface area contributed by atoms with Crippen molar-refractivity contribution in [2.75, 3.05) is 0 Å². The van der Waals surface area contributed by atoms with Crippen molar-refractivity contribution in [1.82, 2.24) is 15.5 Å². The van der Waals surface area contributed by atoms with Gasteiger partial charge in [0.1, 0.15) is 6.04 Å². The predicted octanol–water partition coefficient (Wildman–Crippen LogP) is 3.54. The number of benzene rings is 2. The lowest BCUT2D eigenvalue weighted by Gasteiger charge is -2.20. The highest BCUT2D eigenvalue weighted by atomic mass is 16.5. The Kier molecular flexibility index (Phi) is 6.39. The minimum atomic E-state index is -0.791. The summed E-state index contributed by atoms with van der Waals surface area (Å²) < 4.78 is 10.8. The van der Waals surface area contributed by atoms with Gasteiger partial charge in [-0.1, -0.05) is 49.7 Å². The summed E-state index contributed by atoms with van der Waals surface area (Å²) in [5, 5.41) is 10.6. The van der Waals surface area contributed by atoms with Crippen LogP contribution in [0.3, 0.4) is 0 Å². The van der Waals surface area contributed by atoms with E-state index in [1.807, 2.05) is 63.2 Å².